The first-order chi connectivity index (χ1) is 30.3. The maximum atomic E-state index is 16.3. The molecule has 5 aromatic rings. The van der Waals surface area contributed by atoms with Crippen molar-refractivity contribution in [3.63, 3.8) is 0 Å². The van der Waals surface area contributed by atoms with E-state index in [0.29, 0.717) is 40.5 Å². The molecule has 1 saturated carbocycles. The van der Waals surface area contributed by atoms with Crippen molar-refractivity contribution in [1.29, 1.82) is 0 Å². The third kappa shape index (κ3) is 9.43. The summed E-state index contributed by atoms with van der Waals surface area (Å²) in [6, 6.07) is 21.6. The number of benzene rings is 3. The topological polar surface area (TPSA) is 160 Å². The second-order valence-corrected chi connectivity index (χ2v) is 18.3. The zero-order valence-corrected chi connectivity index (χ0v) is 36.3. The van der Waals surface area contributed by atoms with Crippen molar-refractivity contribution in [2.75, 3.05) is 25.6 Å². The Hall–Kier alpha value is -6.24. The quantitative estimate of drug-likeness (QED) is 0.0827. The number of carbonyl (C=O) groups excluding carboxylic acids is 3. The number of halogens is 3. The van der Waals surface area contributed by atoms with Gasteiger partial charge in [-0.3, -0.25) is 9.59 Å². The number of aromatic nitrogens is 1. The van der Waals surface area contributed by atoms with E-state index in [-0.39, 0.29) is 39.5 Å². The van der Waals surface area contributed by atoms with E-state index in [9.17, 15) is 22.8 Å². The molecule has 1 aliphatic carbocycles. The van der Waals surface area contributed by atoms with Gasteiger partial charge in [-0.05, 0) is 96.9 Å². The molecule has 0 radical (unpaired) electrons. The summed E-state index contributed by atoms with van der Waals surface area (Å²) in [6.45, 7) is -4.50. The molecule has 13 nitrogen and oxygen atoms in total. The zero-order valence-electron chi connectivity index (χ0n) is 33.9. The fourth-order valence-electron chi connectivity index (χ4n) is 8.01. The van der Waals surface area contributed by atoms with Crippen LogP contribution in [0.25, 0.3) is 16.6 Å². The van der Waals surface area contributed by atoms with E-state index in [4.69, 9.17) is 21.1 Å². The van der Waals surface area contributed by atoms with E-state index in [1.165, 1.54) is 42.7 Å². The smallest absolute Gasteiger partial charge is 0.494 e. The summed E-state index contributed by atoms with van der Waals surface area (Å²) in [5, 5.41) is 10.2. The van der Waals surface area contributed by atoms with E-state index in [1.54, 1.807) is 66.8 Å². The number of nitrogens with zero attached hydrogens (tertiary/aromatic N) is 2. The lowest BCUT2D eigenvalue weighted by Crippen LogP contribution is -2.50. The average Bonchev–Trinajstić information content (AvgIpc) is 4.05. The highest BCUT2D eigenvalue weighted by atomic mass is 35.5. The number of hydrogen-bond donors (Lipinski definition) is 4. The van der Waals surface area contributed by atoms with Crippen LogP contribution in [0.2, 0.25) is 5.02 Å². The van der Waals surface area contributed by atoms with Crippen LogP contribution in [0, 0.1) is 0 Å². The molecule has 8 rings (SSSR count). The van der Waals surface area contributed by atoms with Gasteiger partial charge in [0.25, 0.3) is 21.8 Å². The van der Waals surface area contributed by atoms with E-state index >= 15 is 8.63 Å². The Labute approximate surface area is 371 Å². The highest BCUT2D eigenvalue weighted by molar-refractivity contribution is 7.90. The van der Waals surface area contributed by atoms with Crippen LogP contribution in [-0.2, 0) is 21.2 Å². The Bertz CT molecular complexity index is 2770. The van der Waals surface area contributed by atoms with Crippen LogP contribution in [0.15, 0.2) is 113 Å². The van der Waals surface area contributed by atoms with Crippen LogP contribution in [0.3, 0.4) is 0 Å². The summed E-state index contributed by atoms with van der Waals surface area (Å²) in [7, 11) is -2.74. The van der Waals surface area contributed by atoms with Crippen LogP contribution in [0.4, 0.5) is 19.1 Å². The normalized spacial score (nSPS) is 15.5. The molecular weight excluding hydrogens is 873 g/mol. The number of fused-ring (bicyclic) bond motifs is 2. The molecule has 63 heavy (non-hydrogen) atoms. The van der Waals surface area contributed by atoms with Crippen molar-refractivity contribution in [1.82, 2.24) is 19.8 Å². The predicted molar refractivity (Wildman–Crippen MR) is 239 cm³/mol. The monoisotopic (exact) mass is 914 g/mol. The number of hydrogen-bond acceptors (Lipinski definition) is 8. The zero-order chi connectivity index (χ0) is 44.3. The van der Waals surface area contributed by atoms with Gasteiger partial charge in [0, 0.05) is 57.7 Å². The predicted octanol–water partition coefficient (Wildman–Crippen LogP) is 7.84. The highest BCUT2D eigenvalue weighted by Crippen LogP contribution is 2.38. The minimum Gasteiger partial charge on any atom is -0.494 e. The van der Waals surface area contributed by atoms with Crippen molar-refractivity contribution in [3.05, 3.63) is 136 Å². The molecule has 3 aromatic carbocycles. The van der Waals surface area contributed by atoms with Crippen molar-refractivity contribution in [3.8, 4) is 22.1 Å². The molecule has 3 aliphatic rings. The van der Waals surface area contributed by atoms with E-state index in [2.05, 4.69) is 20.7 Å². The molecule has 0 bridgehead atoms. The minimum absolute atomic E-state index is 0.0468. The average molecular weight is 915 g/mol. The molecule has 0 saturated heterocycles. The standard InChI is InChI=1S/C44H42BClF2N6O7S2/c1-60-42-36(43(56)49-22-21-28-9-17-35(18-10-28)63(58,59)52-44(57)50-31-6-3-2-4-7-31)24-30(46)25-37(42)51-41(55)27-61-34-15-11-29(12-16-34)38-19-13-32-26-33-14-20-39(40-8-5-23-62-40)54(33)45(47,48)53(32)38/h5,8-20,23-26,31H,2-4,6-7,21-22,27H2,1H3,(H,49,56)(H,51,55)(H2,50,52,57). The fraction of sp³-hybridized carbons (Fsp3) is 0.227. The molecule has 1 fully saturated rings. The third-order valence-electron chi connectivity index (χ3n) is 11.0. The van der Waals surface area contributed by atoms with Gasteiger partial charge in [-0.25, -0.2) is 17.9 Å². The molecule has 0 unspecified atom stereocenters. The van der Waals surface area contributed by atoms with Gasteiger partial charge in [0.1, 0.15) is 5.75 Å². The SMILES string of the molecule is COc1c(NC(=O)COc2ccc(C3=[N+]4C(=Cc5ccc(-c6cccs6)n5[B-]4(F)F)C=C3)cc2)cc(Cl)cc1C(=O)NCCc1ccc(S(=O)(=O)NC(=O)NC2CCCCC2)cc1. The van der Waals surface area contributed by atoms with Crippen LogP contribution >= 0.6 is 22.9 Å². The number of thiophene rings is 1. The molecule has 326 valence electrons. The van der Waals surface area contributed by atoms with E-state index in [1.807, 2.05) is 17.5 Å². The molecule has 19 heteroatoms. The fourth-order valence-corrected chi connectivity index (χ4v) is 9.89. The number of carbonyl (C=O) groups is 3. The molecule has 2 aromatic heterocycles. The van der Waals surface area contributed by atoms with Gasteiger partial charge in [-0.2, -0.15) is 0 Å². The molecular formula is C44H42BClF2N6O7S2. The molecule has 4 heterocycles. The van der Waals surface area contributed by atoms with Crippen molar-refractivity contribution < 1.29 is 45.4 Å². The van der Waals surface area contributed by atoms with Gasteiger partial charge in [-0.1, -0.05) is 49.1 Å². The van der Waals surface area contributed by atoms with Gasteiger partial charge in [-0.15, -0.1) is 11.3 Å². The number of rotatable bonds is 14. The lowest BCUT2D eigenvalue weighted by molar-refractivity contribution is -0.360. The van der Waals surface area contributed by atoms with Gasteiger partial charge >= 0.3 is 13.0 Å². The van der Waals surface area contributed by atoms with Crippen LogP contribution in [0.5, 0.6) is 11.5 Å². The summed E-state index contributed by atoms with van der Waals surface area (Å²) in [5.74, 6) is -0.741. The van der Waals surface area contributed by atoms with E-state index in [0.717, 1.165) is 51.5 Å². The van der Waals surface area contributed by atoms with Gasteiger partial charge in [0.05, 0.1) is 23.3 Å². The van der Waals surface area contributed by atoms with Crippen molar-refractivity contribution >= 4 is 75.3 Å². The molecule has 2 aliphatic heterocycles. The van der Waals surface area contributed by atoms with Gasteiger partial charge in [0.15, 0.2) is 23.8 Å². The Morgan fingerprint density at radius 2 is 1.73 bits per heavy atom. The summed E-state index contributed by atoms with van der Waals surface area (Å²) in [5.41, 5.74) is 3.03. The highest BCUT2D eigenvalue weighted by Gasteiger charge is 2.52. The first-order valence-corrected chi connectivity index (χ1v) is 23.0. The summed E-state index contributed by atoms with van der Waals surface area (Å²) in [6.07, 6.45) is 10.1. The lowest BCUT2D eigenvalue weighted by atomic mass is 9.90. The van der Waals surface area contributed by atoms with Crippen LogP contribution in [0.1, 0.15) is 59.3 Å². The number of urea groups is 1. The number of methoxy groups -OCH3 is 1. The second-order valence-electron chi connectivity index (χ2n) is 15.2. The minimum atomic E-state index is -4.23. The van der Waals surface area contributed by atoms with Crippen molar-refractivity contribution in [2.45, 2.75) is 49.5 Å². The second kappa shape index (κ2) is 18.2. The first kappa shape index (κ1) is 43.4. The molecule has 0 spiro atoms. The number of allylic oxidation sites excluding steroid dienone is 2. The number of ether oxygens (including phenoxy) is 2. The maximum Gasteiger partial charge on any atom is 0.737 e. The number of sulfonamides is 1. The number of anilines is 1. The number of nitrogens with one attached hydrogen (secondary N) is 4. The molecule has 4 amide bonds. The Balaban J connectivity index is 0.853. The lowest BCUT2D eigenvalue weighted by Gasteiger charge is -2.30. The Morgan fingerprint density at radius 3 is 2.44 bits per heavy atom. The van der Waals surface area contributed by atoms with Crippen LogP contribution in [-0.4, -0.2) is 74.2 Å². The van der Waals surface area contributed by atoms with Gasteiger partial charge in [0.2, 0.25) is 0 Å². The largest absolute Gasteiger partial charge is 0.737 e. The number of amides is 4. The summed E-state index contributed by atoms with van der Waals surface area (Å²) < 4.78 is 73.7. The Morgan fingerprint density at radius 1 is 0.968 bits per heavy atom. The van der Waals surface area contributed by atoms with Crippen molar-refractivity contribution in [2.24, 2.45) is 0 Å². The maximum absolute atomic E-state index is 16.3. The molecule has 0 atom stereocenters. The first-order valence-electron chi connectivity index (χ1n) is 20.3. The van der Waals surface area contributed by atoms with E-state index < -0.39 is 41.4 Å². The Kier molecular flexibility index (Phi) is 12.6. The van der Waals surface area contributed by atoms with Gasteiger partial charge < -0.3 is 43.0 Å². The summed E-state index contributed by atoms with van der Waals surface area (Å²) >= 11 is 7.76. The molecule has 4 N–H and O–H groups in total. The van der Waals surface area contributed by atoms with Crippen LogP contribution < -0.4 is 30.1 Å². The summed E-state index contributed by atoms with van der Waals surface area (Å²) in [4.78, 5) is 39.4. The third-order valence-corrected chi connectivity index (χ3v) is 13.4.